The van der Waals surface area contributed by atoms with E-state index in [1.807, 2.05) is 0 Å². The summed E-state index contributed by atoms with van der Waals surface area (Å²) in [5.74, 6) is -0.650. The SMILES string of the molecule is O=C(N[C@H]1Cc2ncccc2NC1=O)c1cc2sc(Cl)c(Cl)c2[nH]1. The van der Waals surface area contributed by atoms with E-state index < -0.39 is 6.04 Å². The molecule has 3 N–H and O–H groups in total. The molecule has 24 heavy (non-hydrogen) atoms. The zero-order valence-electron chi connectivity index (χ0n) is 12.0. The molecule has 0 saturated heterocycles. The maximum absolute atomic E-state index is 12.4. The average Bonchev–Trinajstić information content (AvgIpc) is 3.08. The number of thiophene rings is 1. The predicted molar refractivity (Wildman–Crippen MR) is 94.0 cm³/mol. The van der Waals surface area contributed by atoms with Gasteiger partial charge in [-0.25, -0.2) is 0 Å². The van der Waals surface area contributed by atoms with Gasteiger partial charge in [0.15, 0.2) is 0 Å². The van der Waals surface area contributed by atoms with Crippen molar-refractivity contribution < 1.29 is 9.59 Å². The minimum Gasteiger partial charge on any atom is -0.349 e. The summed E-state index contributed by atoms with van der Waals surface area (Å²) in [6, 6.07) is 4.52. The van der Waals surface area contributed by atoms with Crippen molar-refractivity contribution in [2.24, 2.45) is 0 Å². The van der Waals surface area contributed by atoms with Crippen LogP contribution in [0.25, 0.3) is 10.2 Å². The molecule has 0 radical (unpaired) electrons. The summed E-state index contributed by atoms with van der Waals surface area (Å²) < 4.78 is 1.26. The number of fused-ring (bicyclic) bond motifs is 2. The van der Waals surface area contributed by atoms with Gasteiger partial charge in [0.05, 0.1) is 26.6 Å². The fourth-order valence-electron chi connectivity index (χ4n) is 2.61. The Hall–Kier alpha value is -2.09. The van der Waals surface area contributed by atoms with E-state index in [2.05, 4.69) is 20.6 Å². The van der Waals surface area contributed by atoms with Gasteiger partial charge in [0.1, 0.15) is 16.1 Å². The Kier molecular flexibility index (Phi) is 3.71. The van der Waals surface area contributed by atoms with Crippen molar-refractivity contribution in [3.05, 3.63) is 45.1 Å². The zero-order chi connectivity index (χ0) is 16.8. The number of amides is 2. The number of pyridine rings is 1. The number of anilines is 1. The third kappa shape index (κ3) is 2.54. The number of aromatic amines is 1. The van der Waals surface area contributed by atoms with Gasteiger partial charge in [-0.1, -0.05) is 23.2 Å². The van der Waals surface area contributed by atoms with Crippen LogP contribution in [-0.4, -0.2) is 27.8 Å². The van der Waals surface area contributed by atoms with Gasteiger partial charge in [0, 0.05) is 12.6 Å². The molecular weight excluding hydrogens is 371 g/mol. The van der Waals surface area contributed by atoms with Gasteiger partial charge in [-0.05, 0) is 18.2 Å². The van der Waals surface area contributed by atoms with Gasteiger partial charge >= 0.3 is 0 Å². The average molecular weight is 381 g/mol. The topological polar surface area (TPSA) is 86.9 Å². The van der Waals surface area contributed by atoms with E-state index in [-0.39, 0.29) is 11.8 Å². The van der Waals surface area contributed by atoms with Crippen molar-refractivity contribution in [3.63, 3.8) is 0 Å². The predicted octanol–water partition coefficient (Wildman–Crippen LogP) is 3.22. The molecule has 2 amide bonds. The van der Waals surface area contributed by atoms with Crippen LogP contribution in [0.5, 0.6) is 0 Å². The Morgan fingerprint density at radius 1 is 1.42 bits per heavy atom. The maximum Gasteiger partial charge on any atom is 0.268 e. The molecule has 0 aliphatic carbocycles. The fraction of sp³-hybridized carbons (Fsp3) is 0.133. The van der Waals surface area contributed by atoms with E-state index in [4.69, 9.17) is 23.2 Å². The first kappa shape index (κ1) is 15.4. The molecule has 1 aliphatic heterocycles. The third-order valence-corrected chi connectivity index (χ3v) is 5.72. The second-order valence-electron chi connectivity index (χ2n) is 5.33. The molecule has 0 unspecified atom stereocenters. The minimum atomic E-state index is -0.680. The van der Waals surface area contributed by atoms with Crippen LogP contribution in [0.1, 0.15) is 16.2 Å². The molecule has 3 aromatic rings. The molecule has 122 valence electrons. The lowest BCUT2D eigenvalue weighted by Gasteiger charge is -2.24. The van der Waals surface area contributed by atoms with Gasteiger partial charge in [0.2, 0.25) is 5.91 Å². The van der Waals surface area contributed by atoms with E-state index in [0.29, 0.717) is 32.7 Å². The van der Waals surface area contributed by atoms with E-state index >= 15 is 0 Å². The lowest BCUT2D eigenvalue weighted by molar-refractivity contribution is -0.118. The van der Waals surface area contributed by atoms with E-state index in [0.717, 1.165) is 10.4 Å². The Balaban J connectivity index is 1.56. The van der Waals surface area contributed by atoms with E-state index in [1.165, 1.54) is 11.3 Å². The number of H-pyrrole nitrogens is 1. The summed E-state index contributed by atoms with van der Waals surface area (Å²) in [5, 5.41) is 5.85. The van der Waals surface area contributed by atoms with Crippen LogP contribution in [0.3, 0.4) is 0 Å². The largest absolute Gasteiger partial charge is 0.349 e. The molecule has 0 fully saturated rings. The van der Waals surface area contributed by atoms with Crippen molar-refractivity contribution >= 4 is 62.3 Å². The molecule has 0 spiro atoms. The quantitative estimate of drug-likeness (QED) is 0.637. The van der Waals surface area contributed by atoms with Gasteiger partial charge in [0.25, 0.3) is 5.91 Å². The molecule has 3 aromatic heterocycles. The molecular formula is C15H10Cl2N4O2S. The first-order valence-corrected chi connectivity index (χ1v) is 8.62. The summed E-state index contributed by atoms with van der Waals surface area (Å²) in [6.45, 7) is 0. The first-order valence-electron chi connectivity index (χ1n) is 7.05. The van der Waals surface area contributed by atoms with Gasteiger partial charge < -0.3 is 15.6 Å². The number of nitrogens with zero attached hydrogens (tertiary/aromatic N) is 1. The first-order chi connectivity index (χ1) is 11.5. The number of carbonyl (C=O) groups is 2. The zero-order valence-corrected chi connectivity index (χ0v) is 14.4. The van der Waals surface area contributed by atoms with Crippen molar-refractivity contribution in [3.8, 4) is 0 Å². The highest BCUT2D eigenvalue weighted by molar-refractivity contribution is 7.23. The fourth-order valence-corrected chi connectivity index (χ4v) is 4.10. The minimum absolute atomic E-state index is 0.265. The summed E-state index contributed by atoms with van der Waals surface area (Å²) in [4.78, 5) is 31.7. The van der Waals surface area contributed by atoms with Crippen LogP contribution in [0.15, 0.2) is 24.4 Å². The summed E-state index contributed by atoms with van der Waals surface area (Å²) >= 11 is 13.3. The second-order valence-corrected chi connectivity index (χ2v) is 7.36. The Bertz CT molecular complexity index is 981. The number of nitrogens with one attached hydrogen (secondary N) is 3. The highest BCUT2D eigenvalue weighted by Crippen LogP contribution is 2.38. The normalized spacial score (nSPS) is 16.8. The molecule has 4 heterocycles. The maximum atomic E-state index is 12.4. The molecule has 9 heteroatoms. The van der Waals surface area contributed by atoms with Gasteiger partial charge in [-0.2, -0.15) is 0 Å². The number of rotatable bonds is 2. The monoisotopic (exact) mass is 380 g/mol. The Labute approximate surface area is 150 Å². The van der Waals surface area contributed by atoms with Crippen molar-refractivity contribution in [1.82, 2.24) is 15.3 Å². The number of hydrogen-bond acceptors (Lipinski definition) is 4. The Morgan fingerprint density at radius 3 is 3.04 bits per heavy atom. The highest BCUT2D eigenvalue weighted by Gasteiger charge is 2.29. The summed E-state index contributed by atoms with van der Waals surface area (Å²) in [5.41, 5.74) is 2.37. The highest BCUT2D eigenvalue weighted by atomic mass is 35.5. The van der Waals surface area contributed by atoms with E-state index in [1.54, 1.807) is 24.4 Å². The van der Waals surface area contributed by atoms with Crippen LogP contribution in [0.2, 0.25) is 9.36 Å². The molecule has 6 nitrogen and oxygen atoms in total. The number of halogens is 2. The van der Waals surface area contributed by atoms with Crippen LogP contribution in [0.4, 0.5) is 5.69 Å². The Morgan fingerprint density at radius 2 is 2.25 bits per heavy atom. The van der Waals surface area contributed by atoms with Crippen LogP contribution in [-0.2, 0) is 11.2 Å². The number of carbonyl (C=O) groups excluding carboxylic acids is 2. The van der Waals surface area contributed by atoms with Gasteiger partial charge in [-0.15, -0.1) is 11.3 Å². The van der Waals surface area contributed by atoms with Crippen molar-refractivity contribution in [1.29, 1.82) is 0 Å². The third-order valence-electron chi connectivity index (χ3n) is 3.79. The van der Waals surface area contributed by atoms with Gasteiger partial charge in [-0.3, -0.25) is 14.6 Å². The lowest BCUT2D eigenvalue weighted by atomic mass is 10.0. The molecule has 0 aromatic carbocycles. The van der Waals surface area contributed by atoms with Crippen LogP contribution < -0.4 is 10.6 Å². The van der Waals surface area contributed by atoms with Crippen molar-refractivity contribution in [2.45, 2.75) is 12.5 Å². The standard InChI is InChI=1S/C15H10Cl2N4O2S/c16-11-12-10(24-13(11)17)5-9(19-12)15(23)21-8-4-7-6(20-14(8)22)2-1-3-18-7/h1-3,5,8,19H,4H2,(H,20,22)(H,21,23)/t8-/m0/s1. The smallest absolute Gasteiger partial charge is 0.268 e. The van der Waals surface area contributed by atoms with Crippen LogP contribution >= 0.6 is 34.5 Å². The molecule has 1 atom stereocenters. The molecule has 0 saturated carbocycles. The molecule has 4 rings (SSSR count). The van der Waals surface area contributed by atoms with Crippen molar-refractivity contribution in [2.75, 3.05) is 5.32 Å². The summed E-state index contributed by atoms with van der Waals surface area (Å²) in [7, 11) is 0. The number of aromatic nitrogens is 2. The second kappa shape index (κ2) is 5.77. The summed E-state index contributed by atoms with van der Waals surface area (Å²) in [6.07, 6.45) is 2.00. The van der Waals surface area contributed by atoms with E-state index in [9.17, 15) is 9.59 Å². The molecule has 1 aliphatic rings. The number of hydrogen-bond donors (Lipinski definition) is 3. The molecule has 0 bridgehead atoms. The van der Waals surface area contributed by atoms with Crippen LogP contribution in [0, 0.1) is 0 Å². The lowest BCUT2D eigenvalue weighted by Crippen LogP contribution is -2.47.